The fourth-order valence-corrected chi connectivity index (χ4v) is 3.57. The minimum atomic E-state index is 0.682. The average Bonchev–Trinajstić information content (AvgIpc) is 2.96. The van der Waals surface area contributed by atoms with E-state index in [4.69, 9.17) is 5.73 Å². The van der Waals surface area contributed by atoms with Crippen LogP contribution < -0.4 is 5.73 Å². The molecule has 106 valence electrons. The van der Waals surface area contributed by atoms with Crippen LogP contribution in [0.1, 0.15) is 68.7 Å². The maximum atomic E-state index is 5.71. The van der Waals surface area contributed by atoms with Gasteiger partial charge >= 0.3 is 0 Å². The average molecular weight is 262 g/mol. The molecule has 0 atom stereocenters. The molecule has 2 aliphatic rings. The van der Waals surface area contributed by atoms with Crippen LogP contribution in [0.4, 0.5) is 0 Å². The lowest BCUT2D eigenvalue weighted by Crippen LogP contribution is -2.17. The third kappa shape index (κ3) is 2.83. The van der Waals surface area contributed by atoms with E-state index in [-0.39, 0.29) is 0 Å². The molecule has 2 fully saturated rings. The molecule has 0 amide bonds. The molecule has 1 aromatic heterocycles. The van der Waals surface area contributed by atoms with Gasteiger partial charge in [0.15, 0.2) is 0 Å². The second-order valence-corrected chi connectivity index (χ2v) is 6.25. The van der Waals surface area contributed by atoms with E-state index in [1.165, 1.54) is 62.8 Å². The van der Waals surface area contributed by atoms with Crippen LogP contribution in [-0.2, 0) is 13.0 Å². The molecule has 1 aromatic rings. The fourth-order valence-electron chi connectivity index (χ4n) is 3.57. The van der Waals surface area contributed by atoms with Crippen LogP contribution in [0.25, 0.3) is 0 Å². The summed E-state index contributed by atoms with van der Waals surface area (Å²) in [4.78, 5) is 0. The summed E-state index contributed by atoms with van der Waals surface area (Å²) in [5.41, 5.74) is 8.30. The van der Waals surface area contributed by atoms with Crippen molar-refractivity contribution < 1.29 is 0 Å². The van der Waals surface area contributed by atoms with Crippen LogP contribution >= 0.6 is 0 Å². The Bertz CT molecular complexity index is 402. The second-order valence-electron chi connectivity index (χ2n) is 6.25. The van der Waals surface area contributed by atoms with Gasteiger partial charge in [0.25, 0.3) is 0 Å². The Balaban J connectivity index is 1.72. The topological polar surface area (TPSA) is 56.7 Å². The molecule has 3 rings (SSSR count). The predicted molar refractivity (Wildman–Crippen MR) is 75.9 cm³/mol. The number of aromatic nitrogens is 3. The molecule has 0 bridgehead atoms. The van der Waals surface area contributed by atoms with Crippen LogP contribution in [0.5, 0.6) is 0 Å². The summed E-state index contributed by atoms with van der Waals surface area (Å²) in [5.74, 6) is 1.64. The van der Waals surface area contributed by atoms with Crippen molar-refractivity contribution in [3.8, 4) is 0 Å². The standard InChI is InChI=1S/C15H26N4/c16-10-8-14-15(13-6-1-2-7-13)19(18-17-14)11-9-12-4-3-5-12/h12-13H,1-11,16H2. The van der Waals surface area contributed by atoms with Crippen molar-refractivity contribution in [1.82, 2.24) is 15.0 Å². The summed E-state index contributed by atoms with van der Waals surface area (Å²) in [6.07, 6.45) is 11.8. The molecule has 0 unspecified atom stereocenters. The summed E-state index contributed by atoms with van der Waals surface area (Å²) in [6, 6.07) is 0. The van der Waals surface area contributed by atoms with Gasteiger partial charge in [-0.25, -0.2) is 4.68 Å². The van der Waals surface area contributed by atoms with Crippen LogP contribution in [0.2, 0.25) is 0 Å². The highest BCUT2D eigenvalue weighted by atomic mass is 15.4. The van der Waals surface area contributed by atoms with Gasteiger partial charge in [-0.1, -0.05) is 37.3 Å². The molecule has 0 aliphatic heterocycles. The smallest absolute Gasteiger partial charge is 0.0874 e. The van der Waals surface area contributed by atoms with Crippen molar-refractivity contribution in [2.75, 3.05) is 6.54 Å². The Morgan fingerprint density at radius 2 is 1.89 bits per heavy atom. The van der Waals surface area contributed by atoms with Gasteiger partial charge in [-0.05, 0) is 31.7 Å². The third-order valence-electron chi connectivity index (χ3n) is 4.94. The van der Waals surface area contributed by atoms with Gasteiger partial charge < -0.3 is 5.73 Å². The zero-order chi connectivity index (χ0) is 13.1. The second kappa shape index (κ2) is 6.04. The highest BCUT2D eigenvalue weighted by Crippen LogP contribution is 2.36. The summed E-state index contributed by atoms with van der Waals surface area (Å²) in [7, 11) is 0. The minimum Gasteiger partial charge on any atom is -0.330 e. The quantitative estimate of drug-likeness (QED) is 0.857. The molecular weight excluding hydrogens is 236 g/mol. The minimum absolute atomic E-state index is 0.682. The molecule has 0 radical (unpaired) electrons. The summed E-state index contributed by atoms with van der Waals surface area (Å²) < 4.78 is 2.21. The monoisotopic (exact) mass is 262 g/mol. The lowest BCUT2D eigenvalue weighted by Gasteiger charge is -2.25. The molecule has 2 saturated carbocycles. The van der Waals surface area contributed by atoms with Gasteiger partial charge in [0.2, 0.25) is 0 Å². The van der Waals surface area contributed by atoms with Crippen LogP contribution in [-0.4, -0.2) is 21.5 Å². The zero-order valence-corrected chi connectivity index (χ0v) is 11.9. The summed E-state index contributed by atoms with van der Waals surface area (Å²) in [6.45, 7) is 1.75. The molecule has 0 spiro atoms. The van der Waals surface area contributed by atoms with Crippen LogP contribution in [0.3, 0.4) is 0 Å². The van der Waals surface area contributed by atoms with Crippen molar-refractivity contribution >= 4 is 0 Å². The van der Waals surface area contributed by atoms with Crippen molar-refractivity contribution in [3.05, 3.63) is 11.4 Å². The van der Waals surface area contributed by atoms with E-state index in [0.717, 1.165) is 18.9 Å². The van der Waals surface area contributed by atoms with Crippen LogP contribution in [0, 0.1) is 5.92 Å². The Morgan fingerprint density at radius 1 is 1.11 bits per heavy atom. The first kappa shape index (κ1) is 13.1. The van der Waals surface area contributed by atoms with E-state index in [2.05, 4.69) is 15.0 Å². The molecule has 2 N–H and O–H groups in total. The largest absolute Gasteiger partial charge is 0.330 e. The van der Waals surface area contributed by atoms with E-state index in [0.29, 0.717) is 12.5 Å². The SMILES string of the molecule is NCCc1nnn(CCC2CCC2)c1C1CCCC1. The highest BCUT2D eigenvalue weighted by Gasteiger charge is 2.26. The lowest BCUT2D eigenvalue weighted by molar-refractivity contribution is 0.274. The molecule has 4 heteroatoms. The number of aryl methyl sites for hydroxylation is 1. The van der Waals surface area contributed by atoms with Gasteiger partial charge in [-0.2, -0.15) is 0 Å². The normalized spacial score (nSPS) is 20.9. The maximum Gasteiger partial charge on any atom is 0.0874 e. The molecular formula is C15H26N4. The van der Waals surface area contributed by atoms with Crippen LogP contribution in [0.15, 0.2) is 0 Å². The molecule has 0 aromatic carbocycles. The van der Waals surface area contributed by atoms with E-state index in [9.17, 15) is 0 Å². The predicted octanol–water partition coefficient (Wildman–Crippen LogP) is 2.63. The Morgan fingerprint density at radius 3 is 2.53 bits per heavy atom. The van der Waals surface area contributed by atoms with E-state index >= 15 is 0 Å². The highest BCUT2D eigenvalue weighted by molar-refractivity contribution is 5.17. The molecule has 19 heavy (non-hydrogen) atoms. The third-order valence-corrected chi connectivity index (χ3v) is 4.94. The van der Waals surface area contributed by atoms with Gasteiger partial charge in [-0.15, -0.1) is 5.10 Å². The first-order chi connectivity index (χ1) is 9.38. The number of nitrogens with zero attached hydrogens (tertiary/aromatic N) is 3. The maximum absolute atomic E-state index is 5.71. The number of hydrogen-bond acceptors (Lipinski definition) is 3. The first-order valence-corrected chi connectivity index (χ1v) is 8.01. The Labute approximate surface area is 115 Å². The molecule has 0 saturated heterocycles. The summed E-state index contributed by atoms with van der Waals surface area (Å²) >= 11 is 0. The van der Waals surface area contributed by atoms with E-state index in [1.807, 2.05) is 0 Å². The van der Waals surface area contributed by atoms with E-state index in [1.54, 1.807) is 0 Å². The first-order valence-electron chi connectivity index (χ1n) is 8.01. The number of rotatable bonds is 6. The molecule has 4 nitrogen and oxygen atoms in total. The fraction of sp³-hybridized carbons (Fsp3) is 0.867. The molecule has 2 aliphatic carbocycles. The summed E-state index contributed by atoms with van der Waals surface area (Å²) in [5, 5.41) is 8.83. The van der Waals surface area contributed by atoms with Gasteiger partial charge in [0, 0.05) is 18.9 Å². The molecule has 1 heterocycles. The van der Waals surface area contributed by atoms with Crippen molar-refractivity contribution in [3.63, 3.8) is 0 Å². The number of nitrogens with two attached hydrogens (primary N) is 1. The van der Waals surface area contributed by atoms with Gasteiger partial charge in [0.1, 0.15) is 0 Å². The Hall–Kier alpha value is -0.900. The van der Waals surface area contributed by atoms with Gasteiger partial charge in [0.05, 0.1) is 11.4 Å². The number of hydrogen-bond donors (Lipinski definition) is 1. The van der Waals surface area contributed by atoms with Gasteiger partial charge in [-0.3, -0.25) is 0 Å². The Kier molecular flexibility index (Phi) is 4.16. The zero-order valence-electron chi connectivity index (χ0n) is 11.9. The van der Waals surface area contributed by atoms with Crippen molar-refractivity contribution in [2.45, 2.75) is 70.3 Å². The lowest BCUT2D eigenvalue weighted by atomic mass is 9.83. The van der Waals surface area contributed by atoms with Crippen molar-refractivity contribution in [1.29, 1.82) is 0 Å². The van der Waals surface area contributed by atoms with E-state index < -0.39 is 0 Å². The van der Waals surface area contributed by atoms with Crippen molar-refractivity contribution in [2.24, 2.45) is 11.7 Å².